The van der Waals surface area contributed by atoms with E-state index in [0.29, 0.717) is 10.9 Å². The molecule has 124 valence electrons. The van der Waals surface area contributed by atoms with Gasteiger partial charge >= 0.3 is 0 Å². The summed E-state index contributed by atoms with van der Waals surface area (Å²) in [6.07, 6.45) is -0.257. The van der Waals surface area contributed by atoms with Gasteiger partial charge in [0.1, 0.15) is 0 Å². The summed E-state index contributed by atoms with van der Waals surface area (Å²) in [5.41, 5.74) is 1.59. The van der Waals surface area contributed by atoms with E-state index in [1.165, 1.54) is 0 Å². The van der Waals surface area contributed by atoms with E-state index < -0.39 is 13.2 Å². The van der Waals surface area contributed by atoms with Crippen molar-refractivity contribution in [3.05, 3.63) is 60.2 Å². The van der Waals surface area contributed by atoms with Crippen LogP contribution in [0.2, 0.25) is 0 Å². The molecule has 2 rings (SSSR count). The summed E-state index contributed by atoms with van der Waals surface area (Å²) in [6, 6.07) is 16.3. The standard InChI is InChI=1S/C18H24NO3P/c1-14(2)22-23(21,18(20)15-8-6-5-7-9-15)17-12-10-16(11-13-17)19(3)4/h5-14,18,20H,1-4H3/t18-,23+/m0/s1. The first-order valence-electron chi connectivity index (χ1n) is 7.63. The van der Waals surface area contributed by atoms with Crippen LogP contribution in [-0.2, 0) is 9.09 Å². The third-order valence-electron chi connectivity index (χ3n) is 3.51. The van der Waals surface area contributed by atoms with Crippen molar-refractivity contribution in [2.45, 2.75) is 25.8 Å². The summed E-state index contributed by atoms with van der Waals surface area (Å²) in [7, 11) is 0.431. The van der Waals surface area contributed by atoms with Gasteiger partial charge in [0.25, 0.3) is 7.37 Å². The highest BCUT2D eigenvalue weighted by atomic mass is 31.2. The van der Waals surface area contributed by atoms with E-state index in [4.69, 9.17) is 4.52 Å². The lowest BCUT2D eigenvalue weighted by Crippen LogP contribution is -2.18. The smallest absolute Gasteiger partial charge is 0.264 e. The van der Waals surface area contributed by atoms with Gasteiger partial charge in [0.05, 0.1) is 6.10 Å². The highest BCUT2D eigenvalue weighted by molar-refractivity contribution is 7.67. The normalized spacial score (nSPS) is 15.2. The van der Waals surface area contributed by atoms with Crippen LogP contribution in [0, 0.1) is 0 Å². The average molecular weight is 333 g/mol. The summed E-state index contributed by atoms with van der Waals surface area (Å²) in [5.74, 6) is -1.18. The van der Waals surface area contributed by atoms with E-state index in [1.54, 1.807) is 24.3 Å². The second-order valence-corrected chi connectivity index (χ2v) is 8.36. The summed E-state index contributed by atoms with van der Waals surface area (Å²) in [5, 5.41) is 11.2. The van der Waals surface area contributed by atoms with Gasteiger partial charge in [-0.25, -0.2) is 0 Å². The fraction of sp³-hybridized carbons (Fsp3) is 0.333. The van der Waals surface area contributed by atoms with E-state index in [1.807, 2.05) is 63.2 Å². The minimum absolute atomic E-state index is 0.257. The predicted octanol–water partition coefficient (Wildman–Crippen LogP) is 3.77. The lowest BCUT2D eigenvalue weighted by molar-refractivity contribution is 0.189. The maximum atomic E-state index is 13.5. The van der Waals surface area contributed by atoms with Crippen molar-refractivity contribution in [2.75, 3.05) is 19.0 Å². The highest BCUT2D eigenvalue weighted by Gasteiger charge is 2.37. The van der Waals surface area contributed by atoms with E-state index >= 15 is 0 Å². The summed E-state index contributed by atoms with van der Waals surface area (Å²) < 4.78 is 19.3. The summed E-state index contributed by atoms with van der Waals surface area (Å²) >= 11 is 0. The number of aliphatic hydroxyl groups excluding tert-OH is 1. The van der Waals surface area contributed by atoms with Crippen LogP contribution in [0.4, 0.5) is 5.69 Å². The van der Waals surface area contributed by atoms with E-state index in [9.17, 15) is 9.67 Å². The summed E-state index contributed by atoms with van der Waals surface area (Å²) in [6.45, 7) is 3.64. The van der Waals surface area contributed by atoms with Crippen LogP contribution in [-0.4, -0.2) is 25.3 Å². The van der Waals surface area contributed by atoms with Crippen LogP contribution >= 0.6 is 7.37 Å². The Morgan fingerprint density at radius 3 is 2.04 bits per heavy atom. The molecule has 1 N–H and O–H groups in total. The number of hydrogen-bond donors (Lipinski definition) is 1. The number of nitrogens with zero attached hydrogens (tertiary/aromatic N) is 1. The van der Waals surface area contributed by atoms with Gasteiger partial charge in [0.15, 0.2) is 5.85 Å². The van der Waals surface area contributed by atoms with Gasteiger partial charge in [-0.2, -0.15) is 0 Å². The van der Waals surface area contributed by atoms with Crippen molar-refractivity contribution in [1.82, 2.24) is 0 Å². The van der Waals surface area contributed by atoms with Gasteiger partial charge in [-0.05, 0) is 43.7 Å². The first-order chi connectivity index (χ1) is 10.8. The maximum Gasteiger partial charge on any atom is 0.264 e. The predicted molar refractivity (Wildman–Crippen MR) is 95.6 cm³/mol. The molecule has 0 saturated heterocycles. The molecular formula is C18H24NO3P. The second-order valence-electron chi connectivity index (χ2n) is 5.95. The third-order valence-corrected chi connectivity index (χ3v) is 6.21. The van der Waals surface area contributed by atoms with Gasteiger partial charge in [0.2, 0.25) is 0 Å². The molecule has 0 radical (unpaired) electrons. The second kappa shape index (κ2) is 7.31. The molecule has 0 fully saturated rings. The van der Waals surface area contributed by atoms with Crippen LogP contribution in [0.3, 0.4) is 0 Å². The molecule has 0 bridgehead atoms. The number of anilines is 1. The van der Waals surface area contributed by atoms with Crippen LogP contribution in [0.15, 0.2) is 54.6 Å². The van der Waals surface area contributed by atoms with E-state index in [0.717, 1.165) is 5.69 Å². The molecule has 0 aromatic heterocycles. The molecule has 0 saturated carbocycles. The molecule has 2 atom stereocenters. The van der Waals surface area contributed by atoms with E-state index in [2.05, 4.69) is 0 Å². The quantitative estimate of drug-likeness (QED) is 0.818. The Balaban J connectivity index is 2.44. The van der Waals surface area contributed by atoms with Crippen molar-refractivity contribution in [3.63, 3.8) is 0 Å². The van der Waals surface area contributed by atoms with Gasteiger partial charge < -0.3 is 14.5 Å². The molecule has 0 amide bonds. The first kappa shape index (κ1) is 17.7. The van der Waals surface area contributed by atoms with Crippen LogP contribution in [0.1, 0.15) is 25.3 Å². The molecule has 5 heteroatoms. The van der Waals surface area contributed by atoms with Crippen LogP contribution < -0.4 is 10.2 Å². The number of hydrogen-bond acceptors (Lipinski definition) is 4. The zero-order valence-electron chi connectivity index (χ0n) is 14.0. The molecule has 0 aliphatic heterocycles. The van der Waals surface area contributed by atoms with Gasteiger partial charge in [0, 0.05) is 25.1 Å². The topological polar surface area (TPSA) is 49.8 Å². The molecular weight excluding hydrogens is 309 g/mol. The molecule has 0 aliphatic carbocycles. The zero-order valence-corrected chi connectivity index (χ0v) is 14.9. The number of aliphatic hydroxyl groups is 1. The Morgan fingerprint density at radius 2 is 1.57 bits per heavy atom. The highest BCUT2D eigenvalue weighted by Crippen LogP contribution is 2.58. The zero-order chi connectivity index (χ0) is 17.0. The number of rotatable bonds is 6. The Hall–Kier alpha value is -1.61. The molecule has 2 aromatic carbocycles. The fourth-order valence-corrected chi connectivity index (χ4v) is 4.63. The van der Waals surface area contributed by atoms with Gasteiger partial charge in [-0.1, -0.05) is 30.3 Å². The molecule has 2 aromatic rings. The van der Waals surface area contributed by atoms with Crippen molar-refractivity contribution in [1.29, 1.82) is 0 Å². The van der Waals surface area contributed by atoms with Gasteiger partial charge in [-0.3, -0.25) is 4.57 Å². The molecule has 0 heterocycles. The lowest BCUT2D eigenvalue weighted by atomic mass is 10.2. The Bertz CT molecular complexity index is 668. The molecule has 0 spiro atoms. The van der Waals surface area contributed by atoms with Crippen LogP contribution in [0.5, 0.6) is 0 Å². The molecule has 4 nitrogen and oxygen atoms in total. The average Bonchev–Trinajstić information content (AvgIpc) is 2.54. The molecule has 0 aliphatic rings. The van der Waals surface area contributed by atoms with Gasteiger partial charge in [-0.15, -0.1) is 0 Å². The lowest BCUT2D eigenvalue weighted by Gasteiger charge is -2.26. The minimum Gasteiger partial charge on any atom is -0.378 e. The maximum absolute atomic E-state index is 13.5. The van der Waals surface area contributed by atoms with Crippen molar-refractivity contribution in [2.24, 2.45) is 0 Å². The number of benzene rings is 2. The van der Waals surface area contributed by atoms with Crippen molar-refractivity contribution >= 4 is 18.4 Å². The van der Waals surface area contributed by atoms with E-state index in [-0.39, 0.29) is 6.10 Å². The van der Waals surface area contributed by atoms with Crippen LogP contribution in [0.25, 0.3) is 0 Å². The Kier molecular flexibility index (Phi) is 5.64. The minimum atomic E-state index is -3.45. The first-order valence-corrected chi connectivity index (χ1v) is 9.33. The monoisotopic (exact) mass is 333 g/mol. The Morgan fingerprint density at radius 1 is 1.00 bits per heavy atom. The van der Waals surface area contributed by atoms with Crippen molar-refractivity contribution < 1.29 is 14.2 Å². The fourth-order valence-electron chi connectivity index (χ4n) is 2.35. The summed E-state index contributed by atoms with van der Waals surface area (Å²) in [4.78, 5) is 1.96. The largest absolute Gasteiger partial charge is 0.378 e. The third kappa shape index (κ3) is 4.03. The molecule has 0 unspecified atom stereocenters. The Labute approximate surface area is 138 Å². The molecule has 23 heavy (non-hydrogen) atoms. The van der Waals surface area contributed by atoms with Crippen molar-refractivity contribution in [3.8, 4) is 0 Å². The SMILES string of the molecule is CC(C)O[P@](=O)(c1ccc(N(C)C)cc1)[C@H](O)c1ccccc1.